The first-order valence-corrected chi connectivity index (χ1v) is 8.93. The van der Waals surface area contributed by atoms with Crippen LogP contribution >= 0.6 is 0 Å². The summed E-state index contributed by atoms with van der Waals surface area (Å²) in [5, 5.41) is 10.8. The SMILES string of the molecule is CC1CCCN(CC(C)(C)NC(=O)c2cccc(-n3cnnc3)c2)C1. The largest absolute Gasteiger partial charge is 0.346 e. The van der Waals surface area contributed by atoms with Crippen molar-refractivity contribution in [3.05, 3.63) is 42.5 Å². The second-order valence-corrected chi connectivity index (χ2v) is 7.74. The topological polar surface area (TPSA) is 63.1 Å². The van der Waals surface area contributed by atoms with E-state index in [-0.39, 0.29) is 11.4 Å². The molecule has 1 N–H and O–H groups in total. The zero-order valence-electron chi connectivity index (χ0n) is 15.3. The molecule has 0 saturated carbocycles. The smallest absolute Gasteiger partial charge is 0.251 e. The minimum Gasteiger partial charge on any atom is -0.346 e. The maximum Gasteiger partial charge on any atom is 0.251 e. The summed E-state index contributed by atoms with van der Waals surface area (Å²) in [5.41, 5.74) is 1.24. The molecule has 0 bridgehead atoms. The van der Waals surface area contributed by atoms with Crippen molar-refractivity contribution in [2.24, 2.45) is 5.92 Å². The van der Waals surface area contributed by atoms with E-state index in [1.807, 2.05) is 24.3 Å². The fourth-order valence-corrected chi connectivity index (χ4v) is 3.55. The Labute approximate surface area is 149 Å². The number of carbonyl (C=O) groups excluding carboxylic acids is 1. The van der Waals surface area contributed by atoms with Gasteiger partial charge in [-0.25, -0.2) is 0 Å². The Balaban J connectivity index is 1.65. The summed E-state index contributed by atoms with van der Waals surface area (Å²) in [4.78, 5) is 15.2. The van der Waals surface area contributed by atoms with Gasteiger partial charge in [0.1, 0.15) is 12.7 Å². The van der Waals surface area contributed by atoms with Crippen molar-refractivity contribution in [3.63, 3.8) is 0 Å². The number of aromatic nitrogens is 3. The van der Waals surface area contributed by atoms with Gasteiger partial charge in [-0.1, -0.05) is 13.0 Å². The molecule has 2 aromatic rings. The van der Waals surface area contributed by atoms with Gasteiger partial charge in [0.15, 0.2) is 0 Å². The van der Waals surface area contributed by atoms with E-state index in [0.717, 1.165) is 31.2 Å². The number of amides is 1. The summed E-state index contributed by atoms with van der Waals surface area (Å²) in [6.07, 6.45) is 5.79. The van der Waals surface area contributed by atoms with Crippen LogP contribution in [0.4, 0.5) is 0 Å². The molecule has 1 aliphatic heterocycles. The molecule has 1 aromatic carbocycles. The number of carbonyl (C=O) groups is 1. The molecule has 0 aliphatic carbocycles. The average Bonchev–Trinajstić information content (AvgIpc) is 3.08. The van der Waals surface area contributed by atoms with Crippen molar-refractivity contribution in [2.75, 3.05) is 19.6 Å². The number of piperidine rings is 1. The standard InChI is InChI=1S/C19H27N5O/c1-15-6-5-9-23(11-15)12-19(2,3)22-18(25)16-7-4-8-17(10-16)24-13-20-21-14-24/h4,7-8,10,13-15H,5-6,9,11-12H2,1-3H3,(H,22,25). The molecule has 1 aliphatic rings. The highest BCUT2D eigenvalue weighted by Gasteiger charge is 2.26. The molecule has 0 radical (unpaired) electrons. The lowest BCUT2D eigenvalue weighted by atomic mass is 9.97. The number of nitrogens with one attached hydrogen (secondary N) is 1. The molecule has 6 nitrogen and oxygen atoms in total. The molecule has 134 valence electrons. The van der Waals surface area contributed by atoms with Crippen LogP contribution in [0.2, 0.25) is 0 Å². The molecule has 25 heavy (non-hydrogen) atoms. The van der Waals surface area contributed by atoms with E-state index in [9.17, 15) is 4.79 Å². The third-order valence-electron chi connectivity index (χ3n) is 4.64. The van der Waals surface area contributed by atoms with Crippen molar-refractivity contribution >= 4 is 5.91 Å². The van der Waals surface area contributed by atoms with Crippen molar-refractivity contribution in [1.82, 2.24) is 25.0 Å². The quantitative estimate of drug-likeness (QED) is 0.908. The van der Waals surface area contributed by atoms with E-state index in [2.05, 4.69) is 41.2 Å². The lowest BCUT2D eigenvalue weighted by Crippen LogP contribution is -2.53. The highest BCUT2D eigenvalue weighted by molar-refractivity contribution is 5.95. The number of likely N-dealkylation sites (tertiary alicyclic amines) is 1. The third kappa shape index (κ3) is 4.66. The van der Waals surface area contributed by atoms with Gasteiger partial charge in [0.05, 0.1) is 0 Å². The molecule has 1 fully saturated rings. The van der Waals surface area contributed by atoms with Gasteiger partial charge in [-0.3, -0.25) is 9.36 Å². The lowest BCUT2D eigenvalue weighted by molar-refractivity contribution is 0.0863. The Morgan fingerprint density at radius 1 is 1.32 bits per heavy atom. The number of hydrogen-bond acceptors (Lipinski definition) is 4. The van der Waals surface area contributed by atoms with Crippen LogP contribution in [-0.2, 0) is 0 Å². The zero-order chi connectivity index (χ0) is 17.9. The number of nitrogens with zero attached hydrogens (tertiary/aromatic N) is 4. The summed E-state index contributed by atoms with van der Waals surface area (Å²) in [5.74, 6) is 0.686. The van der Waals surface area contributed by atoms with E-state index >= 15 is 0 Å². The molecule has 0 spiro atoms. The number of rotatable bonds is 5. The Hall–Kier alpha value is -2.21. The Morgan fingerprint density at radius 3 is 2.80 bits per heavy atom. The van der Waals surface area contributed by atoms with Gasteiger partial charge < -0.3 is 10.2 Å². The van der Waals surface area contributed by atoms with Crippen LogP contribution in [0.5, 0.6) is 0 Å². The second-order valence-electron chi connectivity index (χ2n) is 7.74. The third-order valence-corrected chi connectivity index (χ3v) is 4.64. The molecule has 1 unspecified atom stereocenters. The van der Waals surface area contributed by atoms with Crippen LogP contribution in [0.25, 0.3) is 5.69 Å². The first kappa shape index (κ1) is 17.6. The molecule has 1 atom stereocenters. The van der Waals surface area contributed by atoms with Gasteiger partial charge in [-0.2, -0.15) is 0 Å². The van der Waals surface area contributed by atoms with Gasteiger partial charge in [0.25, 0.3) is 5.91 Å². The van der Waals surface area contributed by atoms with Gasteiger partial charge in [-0.05, 0) is 57.4 Å². The first-order valence-electron chi connectivity index (χ1n) is 8.93. The minimum atomic E-state index is -0.277. The van der Waals surface area contributed by atoms with E-state index in [1.54, 1.807) is 17.2 Å². The second kappa shape index (κ2) is 7.35. The van der Waals surface area contributed by atoms with Crippen molar-refractivity contribution in [1.29, 1.82) is 0 Å². The predicted octanol–water partition coefficient (Wildman–Crippen LogP) is 2.51. The lowest BCUT2D eigenvalue weighted by Gasteiger charge is -2.37. The van der Waals surface area contributed by atoms with Crippen LogP contribution in [-0.4, -0.2) is 50.7 Å². The van der Waals surface area contributed by atoms with Gasteiger partial charge in [0.2, 0.25) is 0 Å². The minimum absolute atomic E-state index is 0.0509. The van der Waals surface area contributed by atoms with Gasteiger partial charge >= 0.3 is 0 Å². The molecular weight excluding hydrogens is 314 g/mol. The van der Waals surface area contributed by atoms with Crippen molar-refractivity contribution in [2.45, 2.75) is 39.2 Å². The normalized spacial score (nSPS) is 18.9. The molecular formula is C19H27N5O. The first-order chi connectivity index (χ1) is 11.9. The van der Waals surface area contributed by atoms with Gasteiger partial charge in [-0.15, -0.1) is 10.2 Å². The Bertz CT molecular complexity index is 710. The fourth-order valence-electron chi connectivity index (χ4n) is 3.55. The molecule has 6 heteroatoms. The summed E-state index contributed by atoms with van der Waals surface area (Å²) in [6, 6.07) is 7.50. The van der Waals surface area contributed by atoms with E-state index in [4.69, 9.17) is 0 Å². The van der Waals surface area contributed by atoms with Crippen LogP contribution in [0, 0.1) is 5.92 Å². The van der Waals surface area contributed by atoms with Crippen LogP contribution < -0.4 is 5.32 Å². The molecule has 1 amide bonds. The predicted molar refractivity (Wildman–Crippen MR) is 97.7 cm³/mol. The Morgan fingerprint density at radius 2 is 2.08 bits per heavy atom. The number of hydrogen-bond donors (Lipinski definition) is 1. The Kier molecular flexibility index (Phi) is 5.18. The van der Waals surface area contributed by atoms with E-state index in [1.165, 1.54) is 12.8 Å². The van der Waals surface area contributed by atoms with Crippen molar-refractivity contribution in [3.8, 4) is 5.69 Å². The molecule has 1 aromatic heterocycles. The summed E-state index contributed by atoms with van der Waals surface area (Å²) >= 11 is 0. The monoisotopic (exact) mass is 341 g/mol. The summed E-state index contributed by atoms with van der Waals surface area (Å²) in [6.45, 7) is 9.58. The maximum atomic E-state index is 12.7. The van der Waals surface area contributed by atoms with E-state index < -0.39 is 0 Å². The van der Waals surface area contributed by atoms with Crippen LogP contribution in [0.3, 0.4) is 0 Å². The maximum absolute atomic E-state index is 12.7. The van der Waals surface area contributed by atoms with Crippen LogP contribution in [0.15, 0.2) is 36.9 Å². The summed E-state index contributed by atoms with van der Waals surface area (Å²) in [7, 11) is 0. The van der Waals surface area contributed by atoms with Gasteiger partial charge in [0, 0.05) is 29.9 Å². The van der Waals surface area contributed by atoms with Crippen LogP contribution in [0.1, 0.15) is 44.0 Å². The molecule has 1 saturated heterocycles. The van der Waals surface area contributed by atoms with Crippen molar-refractivity contribution < 1.29 is 4.79 Å². The average molecular weight is 341 g/mol. The molecule has 2 heterocycles. The summed E-state index contributed by atoms with van der Waals surface area (Å²) < 4.78 is 1.79. The fraction of sp³-hybridized carbons (Fsp3) is 0.526. The van der Waals surface area contributed by atoms with E-state index in [0.29, 0.717) is 5.56 Å². The number of benzene rings is 1. The highest BCUT2D eigenvalue weighted by atomic mass is 16.1. The highest BCUT2D eigenvalue weighted by Crippen LogP contribution is 2.18. The molecule has 3 rings (SSSR count). The zero-order valence-corrected chi connectivity index (χ0v) is 15.3.